The second kappa shape index (κ2) is 9.20. The third-order valence-electron chi connectivity index (χ3n) is 5.95. The third kappa shape index (κ3) is 4.88. The molecule has 1 atom stereocenters. The molecule has 2 aromatic carbocycles. The van der Waals surface area contributed by atoms with Crippen molar-refractivity contribution in [2.24, 2.45) is 0 Å². The summed E-state index contributed by atoms with van der Waals surface area (Å²) in [5.41, 5.74) is 4.82. The standard InChI is InChI=1S/C25H32N4O3/c1-16(2)26-25(31)20-5-7-21(8-6-20)29-11-9-28(10-12-29)15-19-13-17(3)23-22(14-19)27-24(30)18(4)32-23/h5-8,13-14,16,18H,9-12,15H2,1-4H3,(H,26,31)(H,27,30). The quantitative estimate of drug-likeness (QED) is 0.753. The van der Waals surface area contributed by atoms with Gasteiger partial charge in [0.25, 0.3) is 11.8 Å². The Balaban J connectivity index is 1.35. The summed E-state index contributed by atoms with van der Waals surface area (Å²) in [6.45, 7) is 12.3. The molecule has 0 bridgehead atoms. The topological polar surface area (TPSA) is 73.9 Å². The molecule has 0 saturated carbocycles. The number of ether oxygens (including phenoxy) is 1. The first-order chi connectivity index (χ1) is 15.3. The zero-order chi connectivity index (χ0) is 22.8. The highest BCUT2D eigenvalue weighted by Crippen LogP contribution is 2.34. The summed E-state index contributed by atoms with van der Waals surface area (Å²) in [6, 6.07) is 12.2. The Kier molecular flexibility index (Phi) is 6.37. The van der Waals surface area contributed by atoms with Crippen molar-refractivity contribution in [3.63, 3.8) is 0 Å². The minimum absolute atomic E-state index is 0.0345. The van der Waals surface area contributed by atoms with Crippen LogP contribution in [-0.4, -0.2) is 55.0 Å². The normalized spacial score (nSPS) is 18.7. The van der Waals surface area contributed by atoms with E-state index < -0.39 is 6.10 Å². The van der Waals surface area contributed by atoms with Gasteiger partial charge >= 0.3 is 0 Å². The van der Waals surface area contributed by atoms with Crippen LogP contribution < -0.4 is 20.3 Å². The summed E-state index contributed by atoms with van der Waals surface area (Å²) >= 11 is 0. The third-order valence-corrected chi connectivity index (χ3v) is 5.95. The van der Waals surface area contributed by atoms with Gasteiger partial charge < -0.3 is 20.3 Å². The molecule has 0 spiro atoms. The van der Waals surface area contributed by atoms with Crippen LogP contribution in [0.1, 0.15) is 42.3 Å². The predicted molar refractivity (Wildman–Crippen MR) is 126 cm³/mol. The molecule has 7 heteroatoms. The molecule has 1 saturated heterocycles. The summed E-state index contributed by atoms with van der Waals surface area (Å²) in [4.78, 5) is 28.9. The van der Waals surface area contributed by atoms with Gasteiger partial charge in [0, 0.05) is 50.0 Å². The van der Waals surface area contributed by atoms with Gasteiger partial charge in [0.2, 0.25) is 0 Å². The minimum atomic E-state index is -0.459. The zero-order valence-electron chi connectivity index (χ0n) is 19.3. The first-order valence-corrected chi connectivity index (χ1v) is 11.3. The summed E-state index contributed by atoms with van der Waals surface area (Å²) in [7, 11) is 0. The van der Waals surface area contributed by atoms with E-state index in [0.717, 1.165) is 55.4 Å². The molecule has 32 heavy (non-hydrogen) atoms. The fraction of sp³-hybridized carbons (Fsp3) is 0.440. The second-order valence-electron chi connectivity index (χ2n) is 8.98. The Bertz CT molecular complexity index is 995. The number of nitrogens with zero attached hydrogens (tertiary/aromatic N) is 2. The molecule has 2 aromatic rings. The fourth-order valence-corrected chi connectivity index (χ4v) is 4.25. The van der Waals surface area contributed by atoms with E-state index in [1.807, 2.05) is 51.1 Å². The maximum atomic E-state index is 12.1. The van der Waals surface area contributed by atoms with Gasteiger partial charge in [0.05, 0.1) is 5.69 Å². The molecular formula is C25H32N4O3. The number of hydrogen-bond donors (Lipinski definition) is 2. The SMILES string of the molecule is Cc1cc(CN2CCN(c3ccc(C(=O)NC(C)C)cc3)CC2)cc2c1OC(C)C(=O)N2. The number of piperazine rings is 1. The largest absolute Gasteiger partial charge is 0.478 e. The van der Waals surface area contributed by atoms with Crippen molar-refractivity contribution in [2.75, 3.05) is 36.4 Å². The minimum Gasteiger partial charge on any atom is -0.478 e. The van der Waals surface area contributed by atoms with Gasteiger partial charge in [-0.15, -0.1) is 0 Å². The Hall–Kier alpha value is -3.06. The highest BCUT2D eigenvalue weighted by molar-refractivity contribution is 5.98. The molecule has 1 unspecified atom stereocenters. The van der Waals surface area contributed by atoms with Crippen molar-refractivity contribution in [2.45, 2.75) is 46.4 Å². The number of hydrogen-bond acceptors (Lipinski definition) is 5. The van der Waals surface area contributed by atoms with Crippen LogP contribution >= 0.6 is 0 Å². The second-order valence-corrected chi connectivity index (χ2v) is 8.98. The van der Waals surface area contributed by atoms with Crippen LogP contribution in [0.4, 0.5) is 11.4 Å². The van der Waals surface area contributed by atoms with Crippen molar-refractivity contribution < 1.29 is 14.3 Å². The summed E-state index contributed by atoms with van der Waals surface area (Å²) in [5, 5.41) is 5.88. The lowest BCUT2D eigenvalue weighted by Gasteiger charge is -2.36. The lowest BCUT2D eigenvalue weighted by Crippen LogP contribution is -2.46. The van der Waals surface area contributed by atoms with Crippen LogP contribution in [0.2, 0.25) is 0 Å². The van der Waals surface area contributed by atoms with Crippen molar-refractivity contribution in [3.8, 4) is 5.75 Å². The van der Waals surface area contributed by atoms with Crippen LogP contribution in [-0.2, 0) is 11.3 Å². The first kappa shape index (κ1) is 22.1. The molecule has 4 rings (SSSR count). The highest BCUT2D eigenvalue weighted by atomic mass is 16.5. The van der Waals surface area contributed by atoms with Crippen LogP contribution in [0.25, 0.3) is 0 Å². The molecule has 0 aliphatic carbocycles. The Morgan fingerprint density at radius 3 is 2.50 bits per heavy atom. The maximum absolute atomic E-state index is 12.1. The molecule has 170 valence electrons. The van der Waals surface area contributed by atoms with Gasteiger partial charge in [-0.05, 0) is 69.2 Å². The number of rotatable bonds is 5. The van der Waals surface area contributed by atoms with E-state index in [4.69, 9.17) is 4.74 Å². The van der Waals surface area contributed by atoms with Gasteiger partial charge in [0.1, 0.15) is 5.75 Å². The average molecular weight is 437 g/mol. The summed E-state index contributed by atoms with van der Waals surface area (Å²) < 4.78 is 5.77. The lowest BCUT2D eigenvalue weighted by atomic mass is 10.1. The van der Waals surface area contributed by atoms with Gasteiger partial charge in [-0.1, -0.05) is 6.07 Å². The van der Waals surface area contributed by atoms with Gasteiger partial charge in [-0.25, -0.2) is 0 Å². The van der Waals surface area contributed by atoms with Crippen molar-refractivity contribution in [3.05, 3.63) is 53.1 Å². The molecule has 0 radical (unpaired) electrons. The zero-order valence-corrected chi connectivity index (χ0v) is 19.3. The molecular weight excluding hydrogens is 404 g/mol. The molecule has 2 heterocycles. The molecule has 2 N–H and O–H groups in total. The van der Waals surface area contributed by atoms with E-state index in [0.29, 0.717) is 5.56 Å². The van der Waals surface area contributed by atoms with Gasteiger partial charge in [-0.2, -0.15) is 0 Å². The average Bonchev–Trinajstić information content (AvgIpc) is 2.75. The van der Waals surface area contributed by atoms with Crippen LogP contribution in [0.15, 0.2) is 36.4 Å². The van der Waals surface area contributed by atoms with Crippen LogP contribution in [0.3, 0.4) is 0 Å². The summed E-state index contributed by atoms with van der Waals surface area (Å²) in [5.74, 6) is 0.638. The highest BCUT2D eigenvalue weighted by Gasteiger charge is 2.26. The van der Waals surface area contributed by atoms with Crippen molar-refractivity contribution >= 4 is 23.2 Å². The van der Waals surface area contributed by atoms with E-state index >= 15 is 0 Å². The van der Waals surface area contributed by atoms with E-state index in [9.17, 15) is 9.59 Å². The van der Waals surface area contributed by atoms with E-state index in [1.165, 1.54) is 5.56 Å². The number of amides is 2. The van der Waals surface area contributed by atoms with Gasteiger partial charge in [0.15, 0.2) is 6.10 Å². The number of nitrogens with one attached hydrogen (secondary N) is 2. The fourth-order valence-electron chi connectivity index (χ4n) is 4.25. The number of fused-ring (bicyclic) bond motifs is 1. The number of aryl methyl sites for hydroxylation is 1. The Morgan fingerprint density at radius 2 is 1.84 bits per heavy atom. The Labute approximate surface area is 189 Å². The molecule has 0 aromatic heterocycles. The van der Waals surface area contributed by atoms with Gasteiger partial charge in [-0.3, -0.25) is 14.5 Å². The number of carbonyl (C=O) groups is 2. The Morgan fingerprint density at radius 1 is 1.16 bits per heavy atom. The monoisotopic (exact) mass is 436 g/mol. The predicted octanol–water partition coefficient (Wildman–Crippen LogP) is 3.17. The molecule has 2 aliphatic heterocycles. The number of benzene rings is 2. The molecule has 2 amide bonds. The lowest BCUT2D eigenvalue weighted by molar-refractivity contribution is -0.122. The van der Waals surface area contributed by atoms with E-state index in [1.54, 1.807) is 6.92 Å². The van der Waals surface area contributed by atoms with E-state index in [2.05, 4.69) is 26.5 Å². The summed E-state index contributed by atoms with van der Waals surface area (Å²) in [6.07, 6.45) is -0.459. The smallest absolute Gasteiger partial charge is 0.265 e. The van der Waals surface area contributed by atoms with Crippen molar-refractivity contribution in [1.29, 1.82) is 0 Å². The first-order valence-electron chi connectivity index (χ1n) is 11.3. The van der Waals surface area contributed by atoms with Crippen LogP contribution in [0.5, 0.6) is 5.75 Å². The van der Waals surface area contributed by atoms with Crippen molar-refractivity contribution in [1.82, 2.24) is 10.2 Å². The number of anilines is 2. The maximum Gasteiger partial charge on any atom is 0.265 e. The van der Waals surface area contributed by atoms with Crippen LogP contribution in [0, 0.1) is 6.92 Å². The number of carbonyl (C=O) groups excluding carboxylic acids is 2. The molecule has 2 aliphatic rings. The molecule has 7 nitrogen and oxygen atoms in total. The molecule has 1 fully saturated rings. The van der Waals surface area contributed by atoms with E-state index in [-0.39, 0.29) is 17.9 Å².